The van der Waals surface area contributed by atoms with Gasteiger partial charge < -0.3 is 5.11 Å². The van der Waals surface area contributed by atoms with Gasteiger partial charge in [-0.2, -0.15) is 0 Å². The minimum atomic E-state index is -1.57. The molecule has 0 spiro atoms. The molecule has 7 heteroatoms. The molecule has 0 unspecified atom stereocenters. The lowest BCUT2D eigenvalue weighted by Gasteiger charge is -1.97. The second-order valence-corrected chi connectivity index (χ2v) is 3.40. The van der Waals surface area contributed by atoms with Gasteiger partial charge in [0.2, 0.25) is 0 Å². The van der Waals surface area contributed by atoms with Gasteiger partial charge in [-0.1, -0.05) is 12.2 Å². The lowest BCUT2D eigenvalue weighted by molar-refractivity contribution is -0.628. The van der Waals surface area contributed by atoms with Crippen LogP contribution in [-0.4, -0.2) is 34.1 Å². The van der Waals surface area contributed by atoms with Gasteiger partial charge in [0, 0.05) is 11.1 Å². The summed E-state index contributed by atoms with van der Waals surface area (Å²) in [5.41, 5.74) is 2.84. The van der Waals surface area contributed by atoms with Crippen LogP contribution in [0.2, 0.25) is 0 Å². The number of hydrazine groups is 1. The van der Waals surface area contributed by atoms with Crippen LogP contribution in [0, 0.1) is 10.1 Å². The minimum Gasteiger partial charge on any atom is -0.461 e. The number of hydrogen-bond acceptors (Lipinski definition) is 4. The van der Waals surface area contributed by atoms with Gasteiger partial charge in [0.1, 0.15) is 0 Å². The van der Waals surface area contributed by atoms with Gasteiger partial charge in [-0.05, 0) is 23.6 Å². The third-order valence-corrected chi connectivity index (χ3v) is 2.26. The molecular weight excluding hydrogens is 228 g/mol. The summed E-state index contributed by atoms with van der Waals surface area (Å²) in [7, 11) is 0.850. The highest BCUT2D eigenvalue weighted by molar-refractivity contribution is 6.18. The van der Waals surface area contributed by atoms with E-state index in [0.717, 1.165) is 23.8 Å². The van der Waals surface area contributed by atoms with Crippen molar-refractivity contribution in [2.75, 3.05) is 7.05 Å². The zero-order valence-electron chi connectivity index (χ0n) is 9.21. The second-order valence-electron chi connectivity index (χ2n) is 3.40. The third kappa shape index (κ3) is 2.57. The number of nitro groups is 1. The Bertz CT molecular complexity index is 473. The van der Waals surface area contributed by atoms with Crippen LogP contribution in [0.4, 0.5) is 4.79 Å². The Morgan fingerprint density at radius 2 is 2.06 bits per heavy atom. The minimum absolute atomic E-state index is 0.0278. The summed E-state index contributed by atoms with van der Waals surface area (Å²) in [5.74, 6) is 0.201. The number of nitrogens with zero attached hydrogens (tertiary/aromatic N) is 2. The molecule has 1 amide bonds. The second kappa shape index (κ2) is 4.60. The molecule has 7 nitrogen and oxygen atoms in total. The van der Waals surface area contributed by atoms with Crippen LogP contribution in [-0.2, 0) is 4.79 Å². The molecule has 2 aliphatic carbocycles. The average molecular weight is 238 g/mol. The Morgan fingerprint density at radius 1 is 1.47 bits per heavy atom. The molecule has 90 valence electrons. The number of rotatable bonds is 1. The zero-order chi connectivity index (χ0) is 13.2. The topological polar surface area (TPSA) is 101 Å². The monoisotopic (exact) mass is 238 g/mol. The maximum absolute atomic E-state index is 11.0. The van der Waals surface area contributed by atoms with E-state index in [9.17, 15) is 19.7 Å². The maximum Gasteiger partial charge on any atom is 0.465 e. The van der Waals surface area contributed by atoms with Gasteiger partial charge in [0.05, 0.1) is 7.05 Å². The summed E-state index contributed by atoms with van der Waals surface area (Å²) in [6.45, 7) is 1.96. The van der Waals surface area contributed by atoms with Gasteiger partial charge in [0.25, 0.3) is 0 Å². The van der Waals surface area contributed by atoms with Gasteiger partial charge >= 0.3 is 6.09 Å². The number of hydrogen-bond donors (Lipinski definition) is 1. The standard InChI is InChI=1S/C8H6O.C2H4N2O4/c1-5-4-6-2-3-7(5)8(6)9;1-3(2(5)6)4(7)8/h2-4H,1H3;1H3,(H,5,6). The molecule has 0 aromatic heterocycles. The van der Waals surface area contributed by atoms with Gasteiger partial charge in [0.15, 0.2) is 10.8 Å². The number of amides is 1. The smallest absolute Gasteiger partial charge is 0.461 e. The quantitative estimate of drug-likeness (QED) is 0.545. The number of Topliss-reactive ketones (excluding diaryl/α,β-unsaturated/α-hetero) is 1. The van der Waals surface area contributed by atoms with Crippen molar-refractivity contribution >= 4 is 11.9 Å². The predicted molar refractivity (Wildman–Crippen MR) is 57.7 cm³/mol. The number of carbonyl (C=O) groups is 2. The van der Waals surface area contributed by atoms with E-state index in [1.165, 1.54) is 0 Å². The van der Waals surface area contributed by atoms with Crippen LogP contribution in [0.25, 0.3) is 0 Å². The van der Waals surface area contributed by atoms with Crippen molar-refractivity contribution < 1.29 is 19.7 Å². The van der Waals surface area contributed by atoms with Gasteiger partial charge in [-0.3, -0.25) is 4.79 Å². The molecule has 0 saturated carbocycles. The number of carboxylic acid groups (broad SMARTS) is 1. The van der Waals surface area contributed by atoms with Crippen molar-refractivity contribution in [3.63, 3.8) is 0 Å². The predicted octanol–water partition coefficient (Wildman–Crippen LogP) is 1.17. The number of fused-ring (bicyclic) bond motifs is 2. The van der Waals surface area contributed by atoms with E-state index in [1.54, 1.807) is 0 Å². The number of carbonyl (C=O) groups excluding carboxylic acids is 1. The van der Waals surface area contributed by atoms with Crippen molar-refractivity contribution in [3.8, 4) is 0 Å². The first kappa shape index (κ1) is 12.6. The Balaban J connectivity index is 0.000000172. The average Bonchev–Trinajstić information content (AvgIpc) is 2.72. The maximum atomic E-state index is 11.0. The van der Waals surface area contributed by atoms with Crippen LogP contribution in [0.3, 0.4) is 0 Å². The fourth-order valence-electron chi connectivity index (χ4n) is 1.29. The van der Waals surface area contributed by atoms with Crippen LogP contribution in [0.15, 0.2) is 34.9 Å². The van der Waals surface area contributed by atoms with Crippen molar-refractivity contribution in [2.45, 2.75) is 6.92 Å². The van der Waals surface area contributed by atoms with E-state index in [0.29, 0.717) is 0 Å². The van der Waals surface area contributed by atoms with Crippen LogP contribution in [0.5, 0.6) is 0 Å². The molecule has 2 bridgehead atoms. The fourth-order valence-corrected chi connectivity index (χ4v) is 1.29. The summed E-state index contributed by atoms with van der Waals surface area (Å²) in [6.07, 6.45) is 4.10. The molecule has 0 atom stereocenters. The molecule has 0 fully saturated rings. The highest BCUT2D eigenvalue weighted by atomic mass is 16.7. The molecule has 0 aromatic rings. The van der Waals surface area contributed by atoms with Crippen molar-refractivity contribution in [3.05, 3.63) is 45.1 Å². The summed E-state index contributed by atoms with van der Waals surface area (Å²) >= 11 is 0. The molecule has 0 aliphatic heterocycles. The number of allylic oxidation sites excluding steroid dienone is 6. The number of ketones is 1. The van der Waals surface area contributed by atoms with E-state index in [-0.39, 0.29) is 10.8 Å². The van der Waals surface area contributed by atoms with Crippen molar-refractivity contribution in [2.24, 2.45) is 0 Å². The van der Waals surface area contributed by atoms with E-state index in [1.807, 2.05) is 25.2 Å². The molecule has 17 heavy (non-hydrogen) atoms. The van der Waals surface area contributed by atoms with E-state index >= 15 is 0 Å². The Hall–Kier alpha value is -2.44. The Labute approximate surface area is 96.4 Å². The highest BCUT2D eigenvalue weighted by Crippen LogP contribution is 2.29. The van der Waals surface area contributed by atoms with E-state index < -0.39 is 11.1 Å². The van der Waals surface area contributed by atoms with E-state index in [4.69, 9.17) is 5.11 Å². The largest absolute Gasteiger partial charge is 0.465 e. The molecule has 2 aliphatic rings. The summed E-state index contributed by atoms with van der Waals surface area (Å²) in [6, 6.07) is 0. The van der Waals surface area contributed by atoms with Crippen LogP contribution in [0.1, 0.15) is 6.92 Å². The molecule has 0 aromatic carbocycles. The molecule has 0 radical (unpaired) electrons. The van der Waals surface area contributed by atoms with Gasteiger partial charge in [-0.25, -0.2) is 14.9 Å². The Kier molecular flexibility index (Phi) is 3.42. The first-order valence-corrected chi connectivity index (χ1v) is 4.61. The summed E-state index contributed by atoms with van der Waals surface area (Å²) < 4.78 is 0. The van der Waals surface area contributed by atoms with Crippen LogP contribution >= 0.6 is 0 Å². The van der Waals surface area contributed by atoms with Crippen LogP contribution < -0.4 is 0 Å². The molecule has 1 N–H and O–H groups in total. The SMILES string of the molecule is CC1=C2C=CC(=C1)C2=O.CN(C(=O)O)[N+](=O)[O-]. The lowest BCUT2D eigenvalue weighted by Crippen LogP contribution is -2.30. The van der Waals surface area contributed by atoms with Crippen molar-refractivity contribution in [1.82, 2.24) is 5.01 Å². The Morgan fingerprint density at radius 3 is 2.18 bits per heavy atom. The lowest BCUT2D eigenvalue weighted by atomic mass is 10.2. The zero-order valence-corrected chi connectivity index (χ0v) is 9.21. The first-order chi connectivity index (χ1) is 7.84. The molecule has 2 rings (SSSR count). The van der Waals surface area contributed by atoms with Gasteiger partial charge in [-0.15, -0.1) is 0 Å². The summed E-state index contributed by atoms with van der Waals surface area (Å²) in [4.78, 5) is 30.1. The molecular formula is C10H10N2O5. The molecule has 0 saturated heterocycles. The fraction of sp³-hybridized carbons (Fsp3) is 0.200. The van der Waals surface area contributed by atoms with E-state index in [2.05, 4.69) is 0 Å². The van der Waals surface area contributed by atoms with Crippen molar-refractivity contribution in [1.29, 1.82) is 0 Å². The normalized spacial score (nSPS) is 15.4. The summed E-state index contributed by atoms with van der Waals surface area (Å²) in [5, 5.41) is 16.3. The third-order valence-electron chi connectivity index (χ3n) is 2.26. The first-order valence-electron chi connectivity index (χ1n) is 4.61. The highest BCUT2D eigenvalue weighted by Gasteiger charge is 2.24. The molecule has 0 heterocycles.